The van der Waals surface area contributed by atoms with E-state index < -0.39 is 11.8 Å². The summed E-state index contributed by atoms with van der Waals surface area (Å²) in [5, 5.41) is 8.01. The molecule has 3 aromatic rings. The Morgan fingerprint density at radius 2 is 1.64 bits per heavy atom. The molecule has 1 heterocycles. The summed E-state index contributed by atoms with van der Waals surface area (Å²) in [6.07, 6.45) is 1.35. The van der Waals surface area contributed by atoms with Crippen LogP contribution in [0.4, 0.5) is 5.69 Å². The summed E-state index contributed by atoms with van der Waals surface area (Å²) in [4.78, 5) is 24.5. The molecule has 1 amide bonds. The average molecular weight is 459 g/mol. The number of benzene rings is 2. The number of rotatable bonds is 5. The molecule has 10 heteroatoms. The zero-order chi connectivity index (χ0) is 20.3. The summed E-state index contributed by atoms with van der Waals surface area (Å²) in [7, 11) is 0. The smallest absolute Gasteiger partial charge is 0.284 e. The van der Waals surface area contributed by atoms with Crippen molar-refractivity contribution in [1.82, 2.24) is 9.78 Å². The summed E-state index contributed by atoms with van der Waals surface area (Å²) < 4.78 is 6.37. The lowest BCUT2D eigenvalue weighted by atomic mass is 10.3. The molecular formula is C18H11Cl4N3O3. The summed E-state index contributed by atoms with van der Waals surface area (Å²) in [5.41, 5.74) is 0.404. The molecule has 2 aromatic carbocycles. The molecular weight excluding hydrogens is 448 g/mol. The Hall–Kier alpha value is -2.25. The minimum absolute atomic E-state index is 0.0314. The highest BCUT2D eigenvalue weighted by molar-refractivity contribution is 6.37. The maximum Gasteiger partial charge on any atom is 0.284 e. The second-order valence-electron chi connectivity index (χ2n) is 5.48. The van der Waals surface area contributed by atoms with Gasteiger partial charge in [0.15, 0.2) is 12.3 Å². The lowest BCUT2D eigenvalue weighted by Gasteiger charge is -2.07. The SMILES string of the molecule is O=C(Nc1ccc(Cl)cc1Cl)c1ccn(C(=O)COc2ccc(Cl)cc2Cl)n1. The minimum atomic E-state index is -0.530. The Morgan fingerprint density at radius 3 is 2.32 bits per heavy atom. The van der Waals surface area contributed by atoms with Crippen molar-refractivity contribution in [3.8, 4) is 5.75 Å². The Morgan fingerprint density at radius 1 is 0.964 bits per heavy atom. The number of amides is 1. The van der Waals surface area contributed by atoms with E-state index in [0.717, 1.165) is 4.68 Å². The molecule has 0 bridgehead atoms. The van der Waals surface area contributed by atoms with Crippen LogP contribution in [0.15, 0.2) is 48.7 Å². The largest absolute Gasteiger partial charge is 0.482 e. The van der Waals surface area contributed by atoms with Crippen molar-refractivity contribution in [2.24, 2.45) is 0 Å². The van der Waals surface area contributed by atoms with Crippen LogP contribution in [0, 0.1) is 0 Å². The van der Waals surface area contributed by atoms with Crippen LogP contribution in [-0.2, 0) is 0 Å². The first-order chi connectivity index (χ1) is 13.3. The van der Waals surface area contributed by atoms with Crippen LogP contribution in [0.25, 0.3) is 0 Å². The minimum Gasteiger partial charge on any atom is -0.482 e. The fourth-order valence-corrected chi connectivity index (χ4v) is 3.08. The lowest BCUT2D eigenvalue weighted by molar-refractivity contribution is 0.0820. The molecule has 0 aliphatic heterocycles. The van der Waals surface area contributed by atoms with Gasteiger partial charge >= 0.3 is 0 Å². The molecule has 0 aliphatic carbocycles. The van der Waals surface area contributed by atoms with E-state index in [4.69, 9.17) is 51.1 Å². The molecule has 0 fully saturated rings. The molecule has 28 heavy (non-hydrogen) atoms. The van der Waals surface area contributed by atoms with Gasteiger partial charge in [-0.2, -0.15) is 5.10 Å². The zero-order valence-corrected chi connectivity index (χ0v) is 17.0. The number of anilines is 1. The van der Waals surface area contributed by atoms with Gasteiger partial charge in [0, 0.05) is 16.2 Å². The van der Waals surface area contributed by atoms with Crippen molar-refractivity contribution < 1.29 is 14.3 Å². The number of hydrogen-bond donors (Lipinski definition) is 1. The Kier molecular flexibility index (Phi) is 6.46. The van der Waals surface area contributed by atoms with E-state index >= 15 is 0 Å². The van der Waals surface area contributed by atoms with Crippen molar-refractivity contribution in [2.75, 3.05) is 11.9 Å². The molecule has 0 radical (unpaired) electrons. The van der Waals surface area contributed by atoms with E-state index in [1.165, 1.54) is 24.4 Å². The van der Waals surface area contributed by atoms with Crippen LogP contribution in [0.1, 0.15) is 15.3 Å². The number of carbonyl (C=O) groups excluding carboxylic acids is 2. The number of halogens is 4. The molecule has 0 saturated heterocycles. The fraction of sp³-hybridized carbons (Fsp3) is 0.0556. The molecule has 0 saturated carbocycles. The third-order valence-electron chi connectivity index (χ3n) is 3.50. The second-order valence-corrected chi connectivity index (χ2v) is 7.17. The summed E-state index contributed by atoms with van der Waals surface area (Å²) in [5.74, 6) is -0.714. The molecule has 1 N–H and O–H groups in total. The monoisotopic (exact) mass is 457 g/mol. The molecule has 0 atom stereocenters. The Balaban J connectivity index is 1.63. The first kappa shape index (κ1) is 20.5. The normalized spacial score (nSPS) is 10.6. The van der Waals surface area contributed by atoms with Crippen molar-refractivity contribution >= 4 is 63.9 Å². The topological polar surface area (TPSA) is 73.2 Å². The van der Waals surface area contributed by atoms with Gasteiger partial charge in [-0.1, -0.05) is 46.4 Å². The van der Waals surface area contributed by atoms with Crippen LogP contribution in [-0.4, -0.2) is 28.2 Å². The predicted molar refractivity (Wildman–Crippen MR) is 109 cm³/mol. The molecule has 0 spiro atoms. The van der Waals surface area contributed by atoms with E-state index in [-0.39, 0.29) is 22.3 Å². The zero-order valence-electron chi connectivity index (χ0n) is 14.0. The van der Waals surface area contributed by atoms with Crippen LogP contribution >= 0.6 is 46.4 Å². The van der Waals surface area contributed by atoms with Crippen molar-refractivity contribution in [3.05, 3.63) is 74.4 Å². The Bertz CT molecular complexity index is 1050. The van der Waals surface area contributed by atoms with Gasteiger partial charge in [0.05, 0.1) is 15.7 Å². The Labute approximate surface area is 179 Å². The first-order valence-corrected chi connectivity index (χ1v) is 9.28. The number of ether oxygens (including phenoxy) is 1. The fourth-order valence-electron chi connectivity index (χ4n) is 2.16. The average Bonchev–Trinajstić information content (AvgIpc) is 3.13. The van der Waals surface area contributed by atoms with E-state index in [1.54, 1.807) is 24.3 Å². The van der Waals surface area contributed by atoms with Gasteiger partial charge in [-0.3, -0.25) is 9.59 Å². The highest BCUT2D eigenvalue weighted by Crippen LogP contribution is 2.27. The van der Waals surface area contributed by atoms with Gasteiger partial charge in [0.25, 0.3) is 11.8 Å². The quantitative estimate of drug-likeness (QED) is 0.550. The highest BCUT2D eigenvalue weighted by Gasteiger charge is 2.15. The highest BCUT2D eigenvalue weighted by atomic mass is 35.5. The molecule has 144 valence electrons. The van der Waals surface area contributed by atoms with Gasteiger partial charge in [-0.05, 0) is 42.5 Å². The van der Waals surface area contributed by atoms with E-state index in [0.29, 0.717) is 21.5 Å². The summed E-state index contributed by atoms with van der Waals surface area (Å²) in [6, 6.07) is 10.7. The maximum absolute atomic E-state index is 12.3. The van der Waals surface area contributed by atoms with E-state index in [9.17, 15) is 9.59 Å². The van der Waals surface area contributed by atoms with Crippen LogP contribution in [0.2, 0.25) is 20.1 Å². The number of hydrogen-bond acceptors (Lipinski definition) is 4. The first-order valence-electron chi connectivity index (χ1n) is 7.76. The van der Waals surface area contributed by atoms with Gasteiger partial charge in [0.2, 0.25) is 0 Å². The molecule has 0 aliphatic rings. The third-order valence-corrected chi connectivity index (χ3v) is 4.58. The molecule has 0 unspecified atom stereocenters. The van der Waals surface area contributed by atoms with Crippen molar-refractivity contribution in [2.45, 2.75) is 0 Å². The number of aromatic nitrogens is 2. The lowest BCUT2D eigenvalue weighted by Crippen LogP contribution is -2.21. The van der Waals surface area contributed by atoms with Crippen LogP contribution in [0.5, 0.6) is 5.75 Å². The third kappa shape index (κ3) is 4.97. The van der Waals surface area contributed by atoms with Crippen LogP contribution in [0.3, 0.4) is 0 Å². The number of nitrogens with zero attached hydrogens (tertiary/aromatic N) is 2. The second kappa shape index (κ2) is 8.84. The summed E-state index contributed by atoms with van der Waals surface area (Å²) >= 11 is 23.6. The number of nitrogens with one attached hydrogen (secondary N) is 1. The maximum atomic E-state index is 12.3. The van der Waals surface area contributed by atoms with Crippen molar-refractivity contribution in [3.63, 3.8) is 0 Å². The van der Waals surface area contributed by atoms with Crippen LogP contribution < -0.4 is 10.1 Å². The van der Waals surface area contributed by atoms with Gasteiger partial charge in [0.1, 0.15) is 5.75 Å². The van der Waals surface area contributed by atoms with Crippen molar-refractivity contribution in [1.29, 1.82) is 0 Å². The van der Waals surface area contributed by atoms with E-state index in [1.807, 2.05) is 0 Å². The van der Waals surface area contributed by atoms with E-state index in [2.05, 4.69) is 10.4 Å². The van der Waals surface area contributed by atoms with Gasteiger partial charge in [-0.15, -0.1) is 0 Å². The van der Waals surface area contributed by atoms with Gasteiger partial charge in [-0.25, -0.2) is 4.68 Å². The standard InChI is InChI=1S/C18H11Cl4N3O3/c19-10-1-3-14(12(21)7-10)23-18(27)15-5-6-25(24-15)17(26)9-28-16-4-2-11(20)8-13(16)22/h1-8H,9H2,(H,23,27). The predicted octanol–water partition coefficient (Wildman–Crippen LogP) is 5.47. The van der Waals surface area contributed by atoms with Gasteiger partial charge < -0.3 is 10.1 Å². The molecule has 6 nitrogen and oxygen atoms in total. The molecule has 1 aromatic heterocycles. The molecule has 3 rings (SSSR count). The number of carbonyl (C=O) groups is 2. The summed E-state index contributed by atoms with van der Waals surface area (Å²) in [6.45, 7) is -0.326.